The van der Waals surface area contributed by atoms with E-state index in [0.29, 0.717) is 18.6 Å². The molecule has 1 unspecified atom stereocenters. The molecule has 1 rings (SSSR count). The Bertz CT molecular complexity index is 513. The van der Waals surface area contributed by atoms with Crippen molar-refractivity contribution in [1.82, 2.24) is 4.72 Å². The molecule has 0 saturated heterocycles. The molecule has 5 nitrogen and oxygen atoms in total. The van der Waals surface area contributed by atoms with Crippen molar-refractivity contribution < 1.29 is 18.3 Å². The molecule has 1 aromatic carbocycles. The number of ether oxygens (including phenoxy) is 1. The van der Waals surface area contributed by atoms with Gasteiger partial charge in [0.2, 0.25) is 10.0 Å². The molecule has 0 bridgehead atoms. The number of hydrogen-bond donors (Lipinski definition) is 2. The van der Waals surface area contributed by atoms with Gasteiger partial charge in [0.25, 0.3) is 0 Å². The van der Waals surface area contributed by atoms with Crippen molar-refractivity contribution in [2.75, 3.05) is 13.7 Å². The molecule has 0 fully saturated rings. The molecule has 0 aliphatic heterocycles. The van der Waals surface area contributed by atoms with Crippen LogP contribution < -0.4 is 9.46 Å². The standard InChI is InChI=1S/C13H21NO4S/c1-4-11(15)7-8-14-19(16,17)12-5-6-13(18-3)10(2)9-12/h5-6,9,11,14-15H,4,7-8H2,1-3H3. The molecule has 0 saturated carbocycles. The fourth-order valence-corrected chi connectivity index (χ4v) is 2.80. The van der Waals surface area contributed by atoms with Gasteiger partial charge in [-0.3, -0.25) is 0 Å². The maximum atomic E-state index is 12.0. The van der Waals surface area contributed by atoms with E-state index < -0.39 is 16.1 Å². The minimum atomic E-state index is -3.53. The van der Waals surface area contributed by atoms with Gasteiger partial charge in [0.15, 0.2) is 0 Å². The van der Waals surface area contributed by atoms with Crippen molar-refractivity contribution in [2.24, 2.45) is 0 Å². The Kier molecular flexibility index (Phi) is 5.78. The van der Waals surface area contributed by atoms with E-state index in [-0.39, 0.29) is 11.4 Å². The second kappa shape index (κ2) is 6.88. The molecule has 0 heterocycles. The summed E-state index contributed by atoms with van der Waals surface area (Å²) in [5.41, 5.74) is 0.763. The van der Waals surface area contributed by atoms with Crippen molar-refractivity contribution in [3.63, 3.8) is 0 Å². The number of hydrogen-bond acceptors (Lipinski definition) is 4. The largest absolute Gasteiger partial charge is 0.496 e. The van der Waals surface area contributed by atoms with E-state index in [9.17, 15) is 13.5 Å². The maximum Gasteiger partial charge on any atom is 0.240 e. The molecule has 0 aromatic heterocycles. The number of aliphatic hydroxyl groups excluding tert-OH is 1. The first-order chi connectivity index (χ1) is 8.90. The highest BCUT2D eigenvalue weighted by Crippen LogP contribution is 2.21. The van der Waals surface area contributed by atoms with Crippen LogP contribution in [0.25, 0.3) is 0 Å². The predicted molar refractivity (Wildman–Crippen MR) is 73.8 cm³/mol. The average Bonchev–Trinajstić information content (AvgIpc) is 2.38. The molecule has 108 valence electrons. The van der Waals surface area contributed by atoms with Gasteiger partial charge in [0.1, 0.15) is 5.75 Å². The van der Waals surface area contributed by atoms with Crippen LogP contribution in [0.1, 0.15) is 25.3 Å². The minimum Gasteiger partial charge on any atom is -0.496 e. The van der Waals surface area contributed by atoms with E-state index in [2.05, 4.69) is 4.72 Å². The van der Waals surface area contributed by atoms with Crippen LogP contribution in [-0.2, 0) is 10.0 Å². The fourth-order valence-electron chi connectivity index (χ4n) is 1.67. The lowest BCUT2D eigenvalue weighted by Gasteiger charge is -2.11. The van der Waals surface area contributed by atoms with E-state index in [1.807, 2.05) is 6.92 Å². The molecule has 6 heteroatoms. The monoisotopic (exact) mass is 287 g/mol. The first-order valence-electron chi connectivity index (χ1n) is 6.23. The third kappa shape index (κ3) is 4.49. The molecule has 0 aliphatic carbocycles. The number of nitrogens with one attached hydrogen (secondary N) is 1. The van der Waals surface area contributed by atoms with Crippen molar-refractivity contribution in [3.8, 4) is 5.75 Å². The highest BCUT2D eigenvalue weighted by molar-refractivity contribution is 7.89. The zero-order valence-corrected chi connectivity index (χ0v) is 12.3. The molecular weight excluding hydrogens is 266 g/mol. The highest BCUT2D eigenvalue weighted by atomic mass is 32.2. The molecule has 0 radical (unpaired) electrons. The molecule has 0 spiro atoms. The molecule has 1 atom stereocenters. The summed E-state index contributed by atoms with van der Waals surface area (Å²) >= 11 is 0. The van der Waals surface area contributed by atoms with E-state index in [1.54, 1.807) is 26.2 Å². The molecule has 1 aromatic rings. The topological polar surface area (TPSA) is 75.6 Å². The van der Waals surface area contributed by atoms with E-state index in [4.69, 9.17) is 4.74 Å². The summed E-state index contributed by atoms with van der Waals surface area (Å²) in [5.74, 6) is 0.653. The maximum absolute atomic E-state index is 12.0. The van der Waals surface area contributed by atoms with Crippen LogP contribution in [0.5, 0.6) is 5.75 Å². The Morgan fingerprint density at radius 1 is 1.42 bits per heavy atom. The smallest absolute Gasteiger partial charge is 0.240 e. The van der Waals surface area contributed by atoms with Gasteiger partial charge < -0.3 is 9.84 Å². The second-order valence-corrected chi connectivity index (χ2v) is 6.15. The van der Waals surface area contributed by atoms with Gasteiger partial charge in [-0.1, -0.05) is 6.92 Å². The van der Waals surface area contributed by atoms with Crippen molar-refractivity contribution in [1.29, 1.82) is 0 Å². The lowest BCUT2D eigenvalue weighted by atomic mass is 10.2. The summed E-state index contributed by atoms with van der Waals surface area (Å²) in [6.45, 7) is 3.87. The summed E-state index contributed by atoms with van der Waals surface area (Å²) in [6.07, 6.45) is 0.550. The molecular formula is C13H21NO4S. The average molecular weight is 287 g/mol. The van der Waals surface area contributed by atoms with Gasteiger partial charge in [-0.05, 0) is 43.5 Å². The molecule has 19 heavy (non-hydrogen) atoms. The fraction of sp³-hybridized carbons (Fsp3) is 0.538. The Morgan fingerprint density at radius 3 is 2.63 bits per heavy atom. The van der Waals surface area contributed by atoms with Crippen molar-refractivity contribution in [2.45, 2.75) is 37.7 Å². The van der Waals surface area contributed by atoms with Crippen LogP contribution in [0.15, 0.2) is 23.1 Å². The minimum absolute atomic E-state index is 0.205. The summed E-state index contributed by atoms with van der Waals surface area (Å²) in [6, 6.07) is 4.70. The van der Waals surface area contributed by atoms with Crippen LogP contribution >= 0.6 is 0 Å². The van der Waals surface area contributed by atoms with Crippen molar-refractivity contribution >= 4 is 10.0 Å². The van der Waals surface area contributed by atoms with Crippen molar-refractivity contribution in [3.05, 3.63) is 23.8 Å². The Labute approximate surface area is 114 Å². The Hall–Kier alpha value is -1.11. The zero-order chi connectivity index (χ0) is 14.5. The number of aliphatic hydroxyl groups is 1. The first kappa shape index (κ1) is 15.9. The third-order valence-corrected chi connectivity index (χ3v) is 4.38. The normalized spacial score (nSPS) is 13.3. The van der Waals surface area contributed by atoms with Gasteiger partial charge in [-0.15, -0.1) is 0 Å². The Morgan fingerprint density at radius 2 is 2.11 bits per heavy atom. The van der Waals surface area contributed by atoms with Gasteiger partial charge in [0, 0.05) is 6.54 Å². The van der Waals surface area contributed by atoms with Crippen LogP contribution in [0, 0.1) is 6.92 Å². The van der Waals surface area contributed by atoms with E-state index >= 15 is 0 Å². The summed E-state index contributed by atoms with van der Waals surface area (Å²) in [4.78, 5) is 0.205. The molecule has 2 N–H and O–H groups in total. The quantitative estimate of drug-likeness (QED) is 0.795. The Balaban J connectivity index is 2.75. The SMILES string of the molecule is CCC(O)CCNS(=O)(=O)c1ccc(OC)c(C)c1. The summed E-state index contributed by atoms with van der Waals surface area (Å²) < 4.78 is 31.6. The van der Waals surface area contributed by atoms with Gasteiger partial charge in [-0.25, -0.2) is 13.1 Å². The van der Waals surface area contributed by atoms with E-state index in [0.717, 1.165) is 5.56 Å². The molecule has 0 aliphatic rings. The van der Waals surface area contributed by atoms with Crippen LogP contribution in [0.3, 0.4) is 0 Å². The number of methoxy groups -OCH3 is 1. The van der Waals surface area contributed by atoms with Gasteiger partial charge in [0.05, 0.1) is 18.1 Å². The zero-order valence-electron chi connectivity index (χ0n) is 11.5. The summed E-state index contributed by atoms with van der Waals surface area (Å²) in [5, 5.41) is 9.39. The molecule has 0 amide bonds. The number of rotatable bonds is 7. The van der Waals surface area contributed by atoms with Crippen LogP contribution in [0.4, 0.5) is 0 Å². The number of sulfonamides is 1. The van der Waals surface area contributed by atoms with Gasteiger partial charge in [-0.2, -0.15) is 0 Å². The summed E-state index contributed by atoms with van der Waals surface area (Å²) in [7, 11) is -1.99. The lowest BCUT2D eigenvalue weighted by molar-refractivity contribution is 0.162. The number of benzene rings is 1. The van der Waals surface area contributed by atoms with Crippen LogP contribution in [0.2, 0.25) is 0 Å². The highest BCUT2D eigenvalue weighted by Gasteiger charge is 2.15. The van der Waals surface area contributed by atoms with Crippen LogP contribution in [-0.4, -0.2) is 33.3 Å². The number of aryl methyl sites for hydroxylation is 1. The lowest BCUT2D eigenvalue weighted by Crippen LogP contribution is -2.27. The third-order valence-electron chi connectivity index (χ3n) is 2.92. The van der Waals surface area contributed by atoms with Gasteiger partial charge >= 0.3 is 0 Å². The van der Waals surface area contributed by atoms with E-state index in [1.165, 1.54) is 6.07 Å². The second-order valence-electron chi connectivity index (χ2n) is 4.38. The first-order valence-corrected chi connectivity index (χ1v) is 7.71. The predicted octanol–water partition coefficient (Wildman–Crippen LogP) is 1.44.